The number of aromatic amines is 1. The van der Waals surface area contributed by atoms with Gasteiger partial charge in [-0.1, -0.05) is 23.2 Å². The average molecular weight is 551 g/mol. The molecule has 196 valence electrons. The van der Waals surface area contributed by atoms with E-state index < -0.39 is 0 Å². The Morgan fingerprint density at radius 3 is 2.63 bits per heavy atom. The minimum atomic E-state index is -0.350. The van der Waals surface area contributed by atoms with E-state index in [1.807, 2.05) is 31.3 Å². The van der Waals surface area contributed by atoms with E-state index in [0.29, 0.717) is 33.5 Å². The lowest BCUT2D eigenvalue weighted by Crippen LogP contribution is -2.70. The van der Waals surface area contributed by atoms with Crippen LogP contribution in [0.1, 0.15) is 31.9 Å². The summed E-state index contributed by atoms with van der Waals surface area (Å²) < 4.78 is 12.0. The number of likely N-dealkylation sites (tertiary alicyclic amines) is 1. The van der Waals surface area contributed by atoms with Gasteiger partial charge in [0.15, 0.2) is 0 Å². The summed E-state index contributed by atoms with van der Waals surface area (Å²) in [4.78, 5) is 13.8. The lowest BCUT2D eigenvalue weighted by molar-refractivity contribution is -0.0300. The summed E-state index contributed by atoms with van der Waals surface area (Å²) in [7, 11) is 0. The van der Waals surface area contributed by atoms with E-state index in [1.54, 1.807) is 12.4 Å². The highest BCUT2D eigenvalue weighted by atomic mass is 35.5. The van der Waals surface area contributed by atoms with Crippen molar-refractivity contribution in [2.45, 2.75) is 44.1 Å². The highest BCUT2D eigenvalue weighted by molar-refractivity contribution is 6.35. The van der Waals surface area contributed by atoms with Crippen molar-refractivity contribution >= 4 is 39.9 Å². The van der Waals surface area contributed by atoms with Crippen molar-refractivity contribution < 1.29 is 9.47 Å². The van der Waals surface area contributed by atoms with Gasteiger partial charge in [0, 0.05) is 60.8 Å². The Morgan fingerprint density at radius 2 is 1.95 bits per heavy atom. The molecule has 6 heterocycles. The first-order chi connectivity index (χ1) is 18.4. The average Bonchev–Trinajstić information content (AvgIpc) is 3.63. The van der Waals surface area contributed by atoms with Crippen molar-refractivity contribution in [3.63, 3.8) is 0 Å². The number of hydrogen-bond acceptors (Lipinski definition) is 7. The van der Waals surface area contributed by atoms with E-state index in [9.17, 15) is 0 Å². The SMILES string of the molecule is C[C@@H](Oc1ccc2[nH]nc(-c3ccc(N4CC(C)(N5C[C@@H]6C[C@H]5CO6)C4)nc3)c2c1)c1c(Cl)cncc1Cl. The molecular formula is C28H28Cl2N6O2. The Morgan fingerprint density at radius 1 is 1.13 bits per heavy atom. The van der Waals surface area contributed by atoms with Crippen LogP contribution in [0.15, 0.2) is 48.9 Å². The van der Waals surface area contributed by atoms with Gasteiger partial charge < -0.3 is 14.4 Å². The Kier molecular flexibility index (Phi) is 5.78. The first kappa shape index (κ1) is 24.2. The number of nitrogens with zero attached hydrogens (tertiary/aromatic N) is 5. The van der Waals surface area contributed by atoms with Crippen molar-refractivity contribution in [3.8, 4) is 17.0 Å². The van der Waals surface area contributed by atoms with Crippen LogP contribution < -0.4 is 9.64 Å². The fraction of sp³-hybridized carbons (Fsp3) is 0.393. The van der Waals surface area contributed by atoms with Gasteiger partial charge in [0.2, 0.25) is 0 Å². The smallest absolute Gasteiger partial charge is 0.128 e. The number of halogens is 2. The molecule has 1 aromatic carbocycles. The molecule has 0 saturated carbocycles. The van der Waals surface area contributed by atoms with Gasteiger partial charge in [-0.3, -0.25) is 15.0 Å². The summed E-state index contributed by atoms with van der Waals surface area (Å²) in [6.07, 6.45) is 6.30. The Hall–Kier alpha value is -2.91. The molecule has 38 heavy (non-hydrogen) atoms. The molecule has 0 aliphatic carbocycles. The van der Waals surface area contributed by atoms with Gasteiger partial charge in [0.1, 0.15) is 23.4 Å². The maximum atomic E-state index is 6.33. The quantitative estimate of drug-likeness (QED) is 0.338. The molecule has 3 aliphatic heterocycles. The van der Waals surface area contributed by atoms with Crippen LogP contribution >= 0.6 is 23.2 Å². The van der Waals surface area contributed by atoms with E-state index in [1.165, 1.54) is 6.42 Å². The van der Waals surface area contributed by atoms with E-state index in [0.717, 1.165) is 54.2 Å². The number of H-pyrrole nitrogens is 1. The van der Waals surface area contributed by atoms with Gasteiger partial charge in [0.05, 0.1) is 33.8 Å². The Labute approximate surface area is 230 Å². The van der Waals surface area contributed by atoms with Crippen molar-refractivity contribution in [2.24, 2.45) is 0 Å². The molecule has 1 N–H and O–H groups in total. The number of hydrogen-bond donors (Lipinski definition) is 1. The van der Waals surface area contributed by atoms with Gasteiger partial charge in [-0.05, 0) is 50.6 Å². The second-order valence-corrected chi connectivity index (χ2v) is 11.6. The molecule has 7 rings (SSSR count). The predicted molar refractivity (Wildman–Crippen MR) is 148 cm³/mol. The topological polar surface area (TPSA) is 79.4 Å². The van der Waals surface area contributed by atoms with Crippen molar-refractivity contribution in [3.05, 3.63) is 64.5 Å². The number of nitrogens with one attached hydrogen (secondary N) is 1. The maximum absolute atomic E-state index is 6.33. The van der Waals surface area contributed by atoms with Crippen molar-refractivity contribution in [1.82, 2.24) is 25.1 Å². The highest BCUT2D eigenvalue weighted by Gasteiger charge is 2.52. The Bertz CT molecular complexity index is 1480. The minimum absolute atomic E-state index is 0.195. The lowest BCUT2D eigenvalue weighted by atomic mass is 9.89. The summed E-state index contributed by atoms with van der Waals surface area (Å²) >= 11 is 12.7. The maximum Gasteiger partial charge on any atom is 0.128 e. The number of morpholine rings is 1. The molecule has 0 spiro atoms. The predicted octanol–water partition coefficient (Wildman–Crippen LogP) is 5.52. The molecule has 0 radical (unpaired) electrons. The summed E-state index contributed by atoms with van der Waals surface area (Å²) in [5, 5.41) is 9.61. The third-order valence-electron chi connectivity index (χ3n) is 8.15. The molecular weight excluding hydrogens is 523 g/mol. The lowest BCUT2D eigenvalue weighted by Gasteiger charge is -2.55. The zero-order valence-electron chi connectivity index (χ0n) is 21.2. The first-order valence-electron chi connectivity index (χ1n) is 12.9. The van der Waals surface area contributed by atoms with E-state index in [2.05, 4.69) is 44.0 Å². The molecule has 2 bridgehead atoms. The van der Waals surface area contributed by atoms with E-state index in [-0.39, 0.29) is 11.6 Å². The zero-order valence-corrected chi connectivity index (χ0v) is 22.7. The summed E-state index contributed by atoms with van der Waals surface area (Å²) in [5.74, 6) is 1.69. The van der Waals surface area contributed by atoms with Gasteiger partial charge in [-0.25, -0.2) is 4.98 Å². The summed E-state index contributed by atoms with van der Waals surface area (Å²) in [6, 6.07) is 10.6. The number of ether oxygens (including phenoxy) is 2. The van der Waals surface area contributed by atoms with Crippen LogP contribution in [0.5, 0.6) is 5.75 Å². The monoisotopic (exact) mass is 550 g/mol. The largest absolute Gasteiger partial charge is 0.486 e. The van der Waals surface area contributed by atoms with Crippen molar-refractivity contribution in [2.75, 3.05) is 31.1 Å². The normalized spacial score (nSPS) is 23.1. The van der Waals surface area contributed by atoms with Crippen LogP contribution in [-0.4, -0.2) is 69.0 Å². The van der Waals surface area contributed by atoms with Crippen LogP contribution in [-0.2, 0) is 4.74 Å². The van der Waals surface area contributed by atoms with Crippen LogP contribution in [0.25, 0.3) is 22.2 Å². The third-order valence-corrected chi connectivity index (χ3v) is 8.75. The Balaban J connectivity index is 1.08. The summed E-state index contributed by atoms with van der Waals surface area (Å²) in [5.41, 5.74) is 3.61. The van der Waals surface area contributed by atoms with Gasteiger partial charge in [-0.2, -0.15) is 5.10 Å². The number of benzene rings is 1. The fourth-order valence-corrected chi connectivity index (χ4v) is 6.92. The van der Waals surface area contributed by atoms with Crippen LogP contribution in [0, 0.1) is 0 Å². The van der Waals surface area contributed by atoms with Crippen LogP contribution in [0.4, 0.5) is 5.82 Å². The standard InChI is InChI=1S/C28H28Cl2N6O2/c1-16(26-22(29)10-31-11-23(26)30)38-19-4-5-24-21(8-19)27(34-33-24)17-3-6-25(32-9-17)35-14-28(2,15-35)36-12-20-7-18(36)13-37-20/h3-6,8-11,16,18,20H,7,12-15H2,1-2H3,(H,33,34)/t16-,18+,20+/m1/s1. The number of pyridine rings is 2. The molecule has 3 fully saturated rings. The molecule has 10 heteroatoms. The third kappa shape index (κ3) is 4.02. The minimum Gasteiger partial charge on any atom is -0.486 e. The molecule has 0 unspecified atom stereocenters. The van der Waals surface area contributed by atoms with Gasteiger partial charge in [-0.15, -0.1) is 0 Å². The molecule has 3 aromatic heterocycles. The second-order valence-electron chi connectivity index (χ2n) is 10.8. The molecule has 4 aromatic rings. The summed E-state index contributed by atoms with van der Waals surface area (Å²) in [6.45, 7) is 8.18. The fourth-order valence-electron chi connectivity index (χ4n) is 6.25. The van der Waals surface area contributed by atoms with Crippen LogP contribution in [0.3, 0.4) is 0 Å². The number of aromatic nitrogens is 4. The van der Waals surface area contributed by atoms with Gasteiger partial charge in [0.25, 0.3) is 0 Å². The number of anilines is 1. The van der Waals surface area contributed by atoms with Crippen LogP contribution in [0.2, 0.25) is 10.0 Å². The molecule has 3 saturated heterocycles. The van der Waals surface area contributed by atoms with Gasteiger partial charge >= 0.3 is 0 Å². The number of fused-ring (bicyclic) bond motifs is 3. The number of rotatable bonds is 6. The molecule has 3 aliphatic rings. The molecule has 3 atom stereocenters. The highest BCUT2D eigenvalue weighted by Crippen LogP contribution is 2.40. The zero-order chi connectivity index (χ0) is 26.0. The first-order valence-corrected chi connectivity index (χ1v) is 13.7. The second kappa shape index (κ2) is 9.09. The van der Waals surface area contributed by atoms with E-state index in [4.69, 9.17) is 37.7 Å². The molecule has 8 nitrogen and oxygen atoms in total. The molecule has 0 amide bonds. The van der Waals surface area contributed by atoms with E-state index >= 15 is 0 Å². The van der Waals surface area contributed by atoms with Crippen molar-refractivity contribution in [1.29, 1.82) is 0 Å².